The van der Waals surface area contributed by atoms with Crippen molar-refractivity contribution in [1.29, 1.82) is 0 Å². The first-order valence-corrected chi connectivity index (χ1v) is 8.44. The molecule has 27 heavy (non-hydrogen) atoms. The van der Waals surface area contributed by atoms with E-state index in [1.54, 1.807) is 13.8 Å². The molecule has 1 aliphatic rings. The lowest BCUT2D eigenvalue weighted by Crippen LogP contribution is -2.46. The zero-order chi connectivity index (χ0) is 20.8. The highest BCUT2D eigenvalue weighted by atomic mass is 19.4. The van der Waals surface area contributed by atoms with Crippen molar-refractivity contribution in [2.75, 3.05) is 13.6 Å². The number of halogens is 3. The molecule has 0 bridgehead atoms. The van der Waals surface area contributed by atoms with Gasteiger partial charge in [0, 0.05) is 19.4 Å². The first kappa shape index (κ1) is 22.7. The number of ketones is 1. The van der Waals surface area contributed by atoms with Gasteiger partial charge in [0.1, 0.15) is 6.54 Å². The molecule has 2 atom stereocenters. The fraction of sp³-hybridized carbons (Fsp3) is 0.750. The molecule has 0 saturated heterocycles. The summed E-state index contributed by atoms with van der Waals surface area (Å²) in [7, 11) is 1.39. The number of nitrogens with zero attached hydrogens (tertiary/aromatic N) is 1. The van der Waals surface area contributed by atoms with Crippen LogP contribution in [0.2, 0.25) is 0 Å². The molecular weight excluding hydrogens is 373 g/mol. The van der Waals surface area contributed by atoms with Crippen LogP contribution in [0.15, 0.2) is 0 Å². The maximum absolute atomic E-state index is 12.2. The molecule has 1 N–H and O–H groups in total. The second-order valence-corrected chi connectivity index (χ2v) is 6.51. The van der Waals surface area contributed by atoms with Crippen molar-refractivity contribution < 1.29 is 41.8 Å². The molecule has 0 radical (unpaired) electrons. The lowest BCUT2D eigenvalue weighted by Gasteiger charge is -2.31. The van der Waals surface area contributed by atoms with Crippen LogP contribution in [0.5, 0.6) is 0 Å². The maximum atomic E-state index is 12.2. The van der Waals surface area contributed by atoms with E-state index in [9.17, 15) is 32.3 Å². The average molecular weight is 396 g/mol. The number of amides is 2. The fourth-order valence-electron chi connectivity index (χ4n) is 2.40. The Kier molecular flexibility index (Phi) is 8.04. The van der Waals surface area contributed by atoms with E-state index < -0.39 is 48.9 Å². The van der Waals surface area contributed by atoms with E-state index in [0.717, 1.165) is 17.7 Å². The van der Waals surface area contributed by atoms with Gasteiger partial charge < -0.3 is 19.7 Å². The van der Waals surface area contributed by atoms with Crippen LogP contribution in [0.25, 0.3) is 0 Å². The summed E-state index contributed by atoms with van der Waals surface area (Å²) in [5.41, 5.74) is 0. The van der Waals surface area contributed by atoms with Crippen LogP contribution in [0.3, 0.4) is 0 Å². The van der Waals surface area contributed by atoms with Crippen molar-refractivity contribution in [3.63, 3.8) is 0 Å². The largest absolute Gasteiger partial charge is 0.471 e. The molecule has 8 nitrogen and oxygen atoms in total. The molecule has 0 aliphatic heterocycles. The van der Waals surface area contributed by atoms with Gasteiger partial charge in [0.25, 0.3) is 6.29 Å². The van der Waals surface area contributed by atoms with Gasteiger partial charge in [0.05, 0.1) is 6.04 Å². The molecule has 0 spiro atoms. The number of esters is 1. The monoisotopic (exact) mass is 396 g/mol. The summed E-state index contributed by atoms with van der Waals surface area (Å²) in [4.78, 5) is 47.6. The number of rotatable bonds is 6. The Hall–Kier alpha value is -2.33. The second-order valence-electron chi connectivity index (χ2n) is 6.51. The topological polar surface area (TPSA) is 102 Å². The molecule has 0 heterocycles. The number of carbonyl (C=O) groups excluding carboxylic acids is 4. The summed E-state index contributed by atoms with van der Waals surface area (Å²) in [5, 5.41) is 1.37. The molecule has 11 heteroatoms. The van der Waals surface area contributed by atoms with Gasteiger partial charge in [-0.3, -0.25) is 14.4 Å². The third-order valence-corrected chi connectivity index (χ3v) is 3.94. The quantitative estimate of drug-likeness (QED) is 0.542. The predicted octanol–water partition coefficient (Wildman–Crippen LogP) is 1.77. The fourth-order valence-corrected chi connectivity index (χ4v) is 2.40. The lowest BCUT2D eigenvalue weighted by atomic mass is 9.93. The smallest absolute Gasteiger partial charge is 0.423 e. The Morgan fingerprint density at radius 1 is 1.22 bits per heavy atom. The van der Waals surface area contributed by atoms with Crippen LogP contribution in [0, 0.1) is 5.92 Å². The molecule has 0 aromatic rings. The molecule has 0 aromatic carbocycles. The van der Waals surface area contributed by atoms with Gasteiger partial charge in [-0.15, -0.1) is 0 Å². The van der Waals surface area contributed by atoms with E-state index >= 15 is 0 Å². The minimum atomic E-state index is -5.13. The Morgan fingerprint density at radius 2 is 1.85 bits per heavy atom. The molecule has 1 aliphatic carbocycles. The number of likely N-dealkylation sites (N-methyl/N-ethyl adjacent to an activating group) is 1. The van der Waals surface area contributed by atoms with Crippen molar-refractivity contribution in [3.05, 3.63) is 0 Å². The summed E-state index contributed by atoms with van der Waals surface area (Å²) in [6, 6.07) is -0.624. The van der Waals surface area contributed by atoms with Crippen LogP contribution in [-0.2, 0) is 23.9 Å². The normalized spacial score (nSPS) is 18.6. The van der Waals surface area contributed by atoms with Crippen molar-refractivity contribution >= 4 is 23.8 Å². The number of hydrogen-bond acceptors (Lipinski definition) is 6. The van der Waals surface area contributed by atoms with Crippen LogP contribution < -0.4 is 5.32 Å². The first-order valence-electron chi connectivity index (χ1n) is 8.44. The molecule has 1 saturated carbocycles. The van der Waals surface area contributed by atoms with E-state index in [0.29, 0.717) is 12.8 Å². The zero-order valence-corrected chi connectivity index (χ0v) is 15.3. The molecule has 1 fully saturated rings. The highest BCUT2D eigenvalue weighted by Crippen LogP contribution is 2.20. The standard InChI is InChI=1S/C16H23F3N2O6/c1-9(2)13(26-12(23)8-20-14(24)16(17,18)19)27-15(25)21(3)10-6-4-5-7-11(10)22/h9-10,13H,4-8H2,1-3H3,(H,20,24). The van der Waals surface area contributed by atoms with Gasteiger partial charge in [0.15, 0.2) is 5.78 Å². The number of carbonyl (C=O) groups is 4. The Balaban J connectivity index is 2.59. The second kappa shape index (κ2) is 9.56. The van der Waals surface area contributed by atoms with E-state index in [4.69, 9.17) is 9.47 Å². The Morgan fingerprint density at radius 3 is 2.37 bits per heavy atom. The summed E-state index contributed by atoms with van der Waals surface area (Å²) >= 11 is 0. The average Bonchev–Trinajstić information content (AvgIpc) is 2.57. The van der Waals surface area contributed by atoms with Crippen molar-refractivity contribution in [2.45, 2.75) is 58.0 Å². The van der Waals surface area contributed by atoms with Gasteiger partial charge in [-0.25, -0.2) is 4.79 Å². The summed E-state index contributed by atoms with van der Waals surface area (Å²) in [6.07, 6.45) is -4.98. The van der Waals surface area contributed by atoms with Gasteiger partial charge >= 0.3 is 24.1 Å². The van der Waals surface area contributed by atoms with Crippen LogP contribution in [-0.4, -0.2) is 60.8 Å². The van der Waals surface area contributed by atoms with Gasteiger partial charge in [-0.1, -0.05) is 20.3 Å². The highest BCUT2D eigenvalue weighted by molar-refractivity contribution is 5.88. The van der Waals surface area contributed by atoms with Gasteiger partial charge in [-0.05, 0) is 12.8 Å². The third-order valence-electron chi connectivity index (χ3n) is 3.94. The minimum Gasteiger partial charge on any atom is -0.423 e. The highest BCUT2D eigenvalue weighted by Gasteiger charge is 2.39. The SMILES string of the molecule is CC(C)C(OC(=O)CNC(=O)C(F)(F)F)OC(=O)N(C)C1CCCCC1=O. The molecule has 2 amide bonds. The van der Waals surface area contributed by atoms with Gasteiger partial charge in [0.2, 0.25) is 0 Å². The van der Waals surface area contributed by atoms with Crippen LogP contribution >= 0.6 is 0 Å². The van der Waals surface area contributed by atoms with E-state index in [2.05, 4.69) is 0 Å². The molecule has 1 rings (SSSR count). The van der Waals surface area contributed by atoms with Crippen molar-refractivity contribution in [2.24, 2.45) is 5.92 Å². The third kappa shape index (κ3) is 7.06. The predicted molar refractivity (Wildman–Crippen MR) is 85.3 cm³/mol. The minimum absolute atomic E-state index is 0.0892. The Labute approximate surface area is 154 Å². The first-order chi connectivity index (χ1) is 12.4. The summed E-state index contributed by atoms with van der Waals surface area (Å²) in [5.74, 6) is -4.08. The number of ether oxygens (including phenoxy) is 2. The van der Waals surface area contributed by atoms with Crippen LogP contribution in [0.4, 0.5) is 18.0 Å². The lowest BCUT2D eigenvalue weighted by molar-refractivity contribution is -0.181. The van der Waals surface area contributed by atoms with Crippen molar-refractivity contribution in [1.82, 2.24) is 10.2 Å². The number of alkyl halides is 3. The summed E-state index contributed by atoms with van der Waals surface area (Å²) < 4.78 is 46.2. The Bertz CT molecular complexity index is 579. The molecule has 154 valence electrons. The number of Topliss-reactive ketones (excluding diaryl/α,β-unsaturated/α-hetero) is 1. The molecular formula is C16H23F3N2O6. The molecule has 2 unspecified atom stereocenters. The van der Waals surface area contributed by atoms with Crippen LogP contribution in [0.1, 0.15) is 39.5 Å². The maximum Gasteiger partial charge on any atom is 0.471 e. The summed E-state index contributed by atoms with van der Waals surface area (Å²) in [6.45, 7) is 2.09. The van der Waals surface area contributed by atoms with E-state index in [1.807, 2.05) is 0 Å². The zero-order valence-electron chi connectivity index (χ0n) is 15.3. The molecule has 0 aromatic heterocycles. The van der Waals surface area contributed by atoms with E-state index in [1.165, 1.54) is 12.4 Å². The number of nitrogens with one attached hydrogen (secondary N) is 1. The van der Waals surface area contributed by atoms with Gasteiger partial charge in [-0.2, -0.15) is 13.2 Å². The van der Waals surface area contributed by atoms with E-state index in [-0.39, 0.29) is 5.78 Å². The number of hydrogen-bond donors (Lipinski definition) is 1. The van der Waals surface area contributed by atoms with Crippen molar-refractivity contribution in [3.8, 4) is 0 Å².